The van der Waals surface area contributed by atoms with Gasteiger partial charge in [-0.3, -0.25) is 13.9 Å². The molecule has 2 rings (SSSR count). The number of nitrogens with one attached hydrogen (secondary N) is 1. The molecular formula is C23H31N3O4S. The van der Waals surface area contributed by atoms with Crippen LogP contribution in [0.25, 0.3) is 0 Å². The summed E-state index contributed by atoms with van der Waals surface area (Å²) in [5, 5.41) is 2.81. The Labute approximate surface area is 185 Å². The van der Waals surface area contributed by atoms with Gasteiger partial charge in [0, 0.05) is 13.1 Å². The summed E-state index contributed by atoms with van der Waals surface area (Å²) in [5.74, 6) is -0.720. The maximum atomic E-state index is 13.3. The Morgan fingerprint density at radius 1 is 1.03 bits per heavy atom. The zero-order valence-corrected chi connectivity index (χ0v) is 19.4. The highest BCUT2D eigenvalue weighted by atomic mass is 32.2. The van der Waals surface area contributed by atoms with Crippen molar-refractivity contribution in [1.29, 1.82) is 0 Å². The Morgan fingerprint density at radius 3 is 2.19 bits per heavy atom. The molecule has 0 heterocycles. The van der Waals surface area contributed by atoms with E-state index in [1.807, 2.05) is 38.1 Å². The van der Waals surface area contributed by atoms with Gasteiger partial charge in [0.05, 0.1) is 11.9 Å². The minimum Gasteiger partial charge on any atom is -0.354 e. The van der Waals surface area contributed by atoms with Gasteiger partial charge in [-0.2, -0.15) is 0 Å². The second kappa shape index (κ2) is 10.9. The first kappa shape index (κ1) is 24.4. The van der Waals surface area contributed by atoms with E-state index in [4.69, 9.17) is 0 Å². The van der Waals surface area contributed by atoms with E-state index in [1.165, 1.54) is 4.90 Å². The Bertz CT molecular complexity index is 976. The second-order valence-corrected chi connectivity index (χ2v) is 9.49. The zero-order valence-electron chi connectivity index (χ0n) is 18.5. The smallest absolute Gasteiger partial charge is 0.244 e. The van der Waals surface area contributed by atoms with Crippen LogP contribution >= 0.6 is 0 Å². The number of sulfonamides is 1. The van der Waals surface area contributed by atoms with Crippen LogP contribution in [0.15, 0.2) is 54.6 Å². The first-order valence-corrected chi connectivity index (χ1v) is 12.1. The van der Waals surface area contributed by atoms with Crippen LogP contribution < -0.4 is 9.62 Å². The molecule has 0 spiro atoms. The van der Waals surface area contributed by atoms with Crippen molar-refractivity contribution in [3.8, 4) is 0 Å². The van der Waals surface area contributed by atoms with Crippen LogP contribution in [0.5, 0.6) is 0 Å². The summed E-state index contributed by atoms with van der Waals surface area (Å²) in [4.78, 5) is 27.3. The monoisotopic (exact) mass is 445 g/mol. The molecule has 0 aliphatic heterocycles. The fraction of sp³-hybridized carbons (Fsp3) is 0.391. The molecule has 2 amide bonds. The first-order valence-electron chi connectivity index (χ1n) is 10.3. The Morgan fingerprint density at radius 2 is 1.65 bits per heavy atom. The molecule has 7 nitrogen and oxygen atoms in total. The lowest BCUT2D eigenvalue weighted by molar-refractivity contribution is -0.139. The highest BCUT2D eigenvalue weighted by Crippen LogP contribution is 2.18. The van der Waals surface area contributed by atoms with Crippen LogP contribution in [0.1, 0.15) is 31.4 Å². The average molecular weight is 446 g/mol. The fourth-order valence-electron chi connectivity index (χ4n) is 3.08. The highest BCUT2D eigenvalue weighted by molar-refractivity contribution is 7.92. The quantitative estimate of drug-likeness (QED) is 0.609. The van der Waals surface area contributed by atoms with Gasteiger partial charge < -0.3 is 10.2 Å². The van der Waals surface area contributed by atoms with Gasteiger partial charge >= 0.3 is 0 Å². The van der Waals surface area contributed by atoms with Crippen molar-refractivity contribution >= 4 is 27.5 Å². The standard InChI is InChI=1S/C23H31N3O4S/c1-5-15-24-23(28)19(3)25(16-20-13-11-18(2)12-14-20)22(27)17-26(31(4,29)30)21-9-7-6-8-10-21/h6-14,19H,5,15-17H2,1-4H3,(H,24,28)/t19-/m1/s1. The number of benzene rings is 2. The van der Waals surface area contributed by atoms with Crippen molar-refractivity contribution in [2.75, 3.05) is 23.7 Å². The normalized spacial score (nSPS) is 12.1. The maximum absolute atomic E-state index is 13.3. The molecule has 0 aliphatic carbocycles. The minimum atomic E-state index is -3.70. The summed E-state index contributed by atoms with van der Waals surface area (Å²) < 4.78 is 25.9. The van der Waals surface area contributed by atoms with Crippen LogP contribution in [0.3, 0.4) is 0 Å². The summed E-state index contributed by atoms with van der Waals surface area (Å²) in [6, 6.07) is 15.4. The molecule has 0 saturated heterocycles. The molecule has 0 fully saturated rings. The number of rotatable bonds is 10. The Balaban J connectivity index is 2.32. The molecule has 0 aromatic heterocycles. The molecule has 0 unspecified atom stereocenters. The Hall–Kier alpha value is -2.87. The molecule has 1 N–H and O–H groups in total. The van der Waals surface area contributed by atoms with Gasteiger partial charge in [0.2, 0.25) is 21.8 Å². The topological polar surface area (TPSA) is 86.8 Å². The number of carbonyl (C=O) groups excluding carboxylic acids is 2. The van der Waals surface area contributed by atoms with E-state index in [0.717, 1.165) is 28.1 Å². The van der Waals surface area contributed by atoms with Gasteiger partial charge in [0.15, 0.2) is 0 Å². The lowest BCUT2D eigenvalue weighted by atomic mass is 10.1. The number of nitrogens with zero attached hydrogens (tertiary/aromatic N) is 2. The summed E-state index contributed by atoms with van der Waals surface area (Å²) in [6.07, 6.45) is 1.84. The van der Waals surface area contributed by atoms with Crippen molar-refractivity contribution in [1.82, 2.24) is 10.2 Å². The van der Waals surface area contributed by atoms with Crippen molar-refractivity contribution in [3.05, 3.63) is 65.7 Å². The number of hydrogen-bond acceptors (Lipinski definition) is 4. The van der Waals surface area contributed by atoms with Crippen molar-refractivity contribution in [3.63, 3.8) is 0 Å². The Kier molecular flexibility index (Phi) is 8.62. The van der Waals surface area contributed by atoms with E-state index < -0.39 is 22.0 Å². The maximum Gasteiger partial charge on any atom is 0.244 e. The average Bonchev–Trinajstić information content (AvgIpc) is 2.74. The van der Waals surface area contributed by atoms with Crippen LogP contribution in [0.2, 0.25) is 0 Å². The van der Waals surface area contributed by atoms with E-state index >= 15 is 0 Å². The van der Waals surface area contributed by atoms with Gasteiger partial charge in [0.25, 0.3) is 0 Å². The molecule has 31 heavy (non-hydrogen) atoms. The molecular weight excluding hydrogens is 414 g/mol. The number of para-hydroxylation sites is 1. The van der Waals surface area contributed by atoms with Crippen molar-refractivity contribution in [2.24, 2.45) is 0 Å². The van der Waals surface area contributed by atoms with E-state index in [9.17, 15) is 18.0 Å². The van der Waals surface area contributed by atoms with E-state index in [0.29, 0.717) is 12.2 Å². The summed E-state index contributed by atoms with van der Waals surface area (Å²) in [5.41, 5.74) is 2.35. The van der Waals surface area contributed by atoms with Crippen molar-refractivity contribution < 1.29 is 18.0 Å². The predicted octanol–water partition coefficient (Wildman–Crippen LogP) is 2.70. The van der Waals surface area contributed by atoms with Crippen LogP contribution in [0, 0.1) is 6.92 Å². The zero-order chi connectivity index (χ0) is 23.0. The second-order valence-electron chi connectivity index (χ2n) is 7.58. The number of anilines is 1. The number of amides is 2. The molecule has 0 aliphatic rings. The first-order chi connectivity index (χ1) is 14.6. The third-order valence-electron chi connectivity index (χ3n) is 4.91. The molecule has 2 aromatic rings. The summed E-state index contributed by atoms with van der Waals surface area (Å²) in [7, 11) is -3.70. The van der Waals surface area contributed by atoms with Crippen molar-refractivity contribution in [2.45, 2.75) is 39.8 Å². The minimum absolute atomic E-state index is 0.201. The SMILES string of the molecule is CCCNC(=O)[C@@H](C)N(Cc1ccc(C)cc1)C(=O)CN(c1ccccc1)S(C)(=O)=O. The lowest BCUT2D eigenvalue weighted by Crippen LogP contribution is -2.51. The van der Waals surface area contributed by atoms with Gasteiger partial charge in [-0.15, -0.1) is 0 Å². The molecule has 0 saturated carbocycles. The molecule has 1 atom stereocenters. The van der Waals surface area contributed by atoms with Gasteiger partial charge in [-0.25, -0.2) is 8.42 Å². The molecule has 0 bridgehead atoms. The highest BCUT2D eigenvalue weighted by Gasteiger charge is 2.29. The molecule has 2 aromatic carbocycles. The third kappa shape index (κ3) is 7.10. The van der Waals surface area contributed by atoms with E-state index in [2.05, 4.69) is 5.32 Å². The number of aryl methyl sites for hydroxylation is 1. The largest absolute Gasteiger partial charge is 0.354 e. The van der Waals surface area contributed by atoms with Gasteiger partial charge in [-0.1, -0.05) is 55.0 Å². The van der Waals surface area contributed by atoms with Gasteiger partial charge in [-0.05, 0) is 38.0 Å². The molecule has 8 heteroatoms. The number of hydrogen-bond donors (Lipinski definition) is 1. The lowest BCUT2D eigenvalue weighted by Gasteiger charge is -2.31. The fourth-order valence-corrected chi connectivity index (χ4v) is 3.93. The van der Waals surface area contributed by atoms with Crippen LogP contribution in [-0.2, 0) is 26.2 Å². The van der Waals surface area contributed by atoms with E-state index in [-0.39, 0.29) is 19.0 Å². The predicted molar refractivity (Wildman–Crippen MR) is 123 cm³/mol. The van der Waals surface area contributed by atoms with E-state index in [1.54, 1.807) is 37.3 Å². The van der Waals surface area contributed by atoms with Crippen LogP contribution in [-0.4, -0.2) is 50.5 Å². The van der Waals surface area contributed by atoms with Gasteiger partial charge in [0.1, 0.15) is 12.6 Å². The summed E-state index contributed by atoms with van der Waals surface area (Å²) in [6.45, 7) is 5.90. The molecule has 168 valence electrons. The third-order valence-corrected chi connectivity index (χ3v) is 6.05. The summed E-state index contributed by atoms with van der Waals surface area (Å²) >= 11 is 0. The molecule has 0 radical (unpaired) electrons. The van der Waals surface area contributed by atoms with Crippen LogP contribution in [0.4, 0.5) is 5.69 Å². The number of carbonyl (C=O) groups is 2.